The Labute approximate surface area is 135 Å². The third-order valence-corrected chi connectivity index (χ3v) is 4.46. The van der Waals surface area contributed by atoms with Gasteiger partial charge in [-0.2, -0.15) is 4.73 Å². The zero-order valence-corrected chi connectivity index (χ0v) is 13.7. The van der Waals surface area contributed by atoms with Crippen molar-refractivity contribution in [3.63, 3.8) is 0 Å². The minimum Gasteiger partial charge on any atom is -0.494 e. The fraction of sp³-hybridized carbons (Fsp3) is 0.444. The van der Waals surface area contributed by atoms with Gasteiger partial charge >= 0.3 is 0 Å². The molecule has 5 nitrogen and oxygen atoms in total. The lowest BCUT2D eigenvalue weighted by atomic mass is 10.1. The summed E-state index contributed by atoms with van der Waals surface area (Å²) in [4.78, 5) is 12.9. The number of hydrogen-bond acceptors (Lipinski definition) is 3. The number of ether oxygens (including phenoxy) is 1. The Morgan fingerprint density at radius 2 is 1.87 bits per heavy atom. The lowest BCUT2D eigenvalue weighted by Crippen LogP contribution is -2.31. The lowest BCUT2D eigenvalue weighted by molar-refractivity contribution is -0.495. The first-order chi connectivity index (χ1) is 11.1. The summed E-state index contributed by atoms with van der Waals surface area (Å²) in [6, 6.07) is 7.44. The molecule has 2 aromatic rings. The van der Waals surface area contributed by atoms with E-state index in [4.69, 9.17) is 4.74 Å². The van der Waals surface area contributed by atoms with Crippen LogP contribution in [0.3, 0.4) is 0 Å². The van der Waals surface area contributed by atoms with Gasteiger partial charge in [0.15, 0.2) is 0 Å². The van der Waals surface area contributed by atoms with Crippen LogP contribution in [0.25, 0.3) is 11.3 Å². The van der Waals surface area contributed by atoms with E-state index in [2.05, 4.69) is 0 Å². The Morgan fingerprint density at radius 3 is 2.57 bits per heavy atom. The first-order valence-electron chi connectivity index (χ1n) is 8.26. The Balaban J connectivity index is 2.14. The molecule has 1 N–H and O–H groups in total. The molecule has 0 bridgehead atoms. The van der Waals surface area contributed by atoms with Crippen molar-refractivity contribution in [2.75, 3.05) is 6.61 Å². The molecule has 0 fully saturated rings. The molecule has 23 heavy (non-hydrogen) atoms. The van der Waals surface area contributed by atoms with Gasteiger partial charge in [0.2, 0.25) is 0 Å². The molecule has 0 saturated carbocycles. The van der Waals surface area contributed by atoms with Gasteiger partial charge in [0.25, 0.3) is 11.4 Å². The van der Waals surface area contributed by atoms with Crippen molar-refractivity contribution in [2.24, 2.45) is 0 Å². The normalized spacial score (nSPS) is 14.2. The summed E-state index contributed by atoms with van der Waals surface area (Å²) in [5.41, 5.74) is 3.32. The summed E-state index contributed by atoms with van der Waals surface area (Å²) in [5.74, 6) is 0.776. The van der Waals surface area contributed by atoms with Crippen LogP contribution in [-0.4, -0.2) is 16.5 Å². The summed E-state index contributed by atoms with van der Waals surface area (Å²) in [7, 11) is 0. The standard InChI is InChI=1S/C18H23N2O3/c1-3-23-15-11-9-14(10-12-15)18-13(2)19(21)16-7-5-4-6-8-17(16)20(18)22/h9-12,21H,3-8H2,1-2H3/q+1. The van der Waals surface area contributed by atoms with E-state index >= 15 is 0 Å². The summed E-state index contributed by atoms with van der Waals surface area (Å²) < 4.78 is 7.67. The predicted octanol–water partition coefficient (Wildman–Crippen LogP) is 3.28. The highest BCUT2D eigenvalue weighted by Crippen LogP contribution is 2.26. The average molecular weight is 315 g/mol. The van der Waals surface area contributed by atoms with Crippen LogP contribution in [0.1, 0.15) is 43.3 Å². The number of rotatable bonds is 3. The van der Waals surface area contributed by atoms with Crippen LogP contribution >= 0.6 is 0 Å². The maximum Gasteiger partial charge on any atom is 0.292 e. The Hall–Kier alpha value is -2.30. The predicted molar refractivity (Wildman–Crippen MR) is 87.6 cm³/mol. The van der Waals surface area contributed by atoms with E-state index in [9.17, 15) is 10.1 Å². The maximum atomic E-state index is 12.9. The van der Waals surface area contributed by atoms with Gasteiger partial charge in [0.05, 0.1) is 16.6 Å². The second-order valence-electron chi connectivity index (χ2n) is 5.95. The molecule has 122 valence electrons. The van der Waals surface area contributed by atoms with Crippen molar-refractivity contribution in [1.82, 2.24) is 4.73 Å². The van der Waals surface area contributed by atoms with E-state index in [-0.39, 0.29) is 0 Å². The second kappa shape index (κ2) is 6.44. The molecule has 0 aliphatic heterocycles. The van der Waals surface area contributed by atoms with Crippen LogP contribution in [0.4, 0.5) is 0 Å². The number of nitrogens with zero attached hydrogens (tertiary/aromatic N) is 2. The van der Waals surface area contributed by atoms with Crippen molar-refractivity contribution in [3.8, 4) is 17.0 Å². The van der Waals surface area contributed by atoms with Gasteiger partial charge in [-0.1, -0.05) is 6.42 Å². The molecule has 0 amide bonds. The minimum absolute atomic E-state index is 0.510. The highest BCUT2D eigenvalue weighted by atomic mass is 16.5. The third-order valence-electron chi connectivity index (χ3n) is 4.46. The van der Waals surface area contributed by atoms with E-state index in [1.54, 1.807) is 6.92 Å². The molecule has 0 spiro atoms. The van der Waals surface area contributed by atoms with E-state index < -0.39 is 0 Å². The zero-order chi connectivity index (χ0) is 16.4. The summed E-state index contributed by atoms with van der Waals surface area (Å²) in [5, 5.41) is 10.5. The van der Waals surface area contributed by atoms with Gasteiger partial charge in [-0.05, 0) is 57.4 Å². The van der Waals surface area contributed by atoms with E-state index in [1.165, 1.54) is 4.73 Å². The molecule has 1 aliphatic carbocycles. The molecule has 1 aliphatic rings. The first-order valence-corrected chi connectivity index (χ1v) is 8.26. The molecule has 0 atom stereocenters. The second-order valence-corrected chi connectivity index (χ2v) is 5.95. The summed E-state index contributed by atoms with van der Waals surface area (Å²) >= 11 is 0. The van der Waals surface area contributed by atoms with Crippen LogP contribution < -0.4 is 9.16 Å². The van der Waals surface area contributed by atoms with Gasteiger partial charge in [-0.15, -0.1) is 0 Å². The van der Waals surface area contributed by atoms with Crippen molar-refractivity contribution in [2.45, 2.75) is 46.0 Å². The van der Waals surface area contributed by atoms with Crippen LogP contribution in [-0.2, 0) is 12.8 Å². The molecule has 5 heteroatoms. The van der Waals surface area contributed by atoms with Crippen LogP contribution in [0, 0.1) is 11.8 Å². The third kappa shape index (κ3) is 2.83. The topological polar surface area (TPSA) is 57.4 Å². The van der Waals surface area contributed by atoms with E-state index in [1.807, 2.05) is 31.2 Å². The van der Waals surface area contributed by atoms with E-state index in [0.717, 1.165) is 47.1 Å². The van der Waals surface area contributed by atoms with Gasteiger partial charge in [0.1, 0.15) is 17.1 Å². The molecule has 0 radical (unpaired) electrons. The zero-order valence-electron chi connectivity index (χ0n) is 13.7. The molecule has 1 aromatic carbocycles. The molecule has 1 aromatic heterocycles. The smallest absolute Gasteiger partial charge is 0.292 e. The summed E-state index contributed by atoms with van der Waals surface area (Å²) in [6.07, 6.45) is 4.55. The summed E-state index contributed by atoms with van der Waals surface area (Å²) in [6.45, 7) is 4.32. The Bertz CT molecular complexity index is 763. The quantitative estimate of drug-likeness (QED) is 0.537. The van der Waals surface area contributed by atoms with Gasteiger partial charge in [-0.25, -0.2) is 0 Å². The molecule has 1 heterocycles. The van der Waals surface area contributed by atoms with Crippen LogP contribution in [0.5, 0.6) is 5.75 Å². The number of aromatic nitrogens is 2. The van der Waals surface area contributed by atoms with Crippen molar-refractivity contribution >= 4 is 0 Å². The average Bonchev–Trinajstić information content (AvgIpc) is 2.81. The molecule has 0 unspecified atom stereocenters. The fourth-order valence-corrected chi connectivity index (χ4v) is 3.28. The number of hydrogen-bond donors (Lipinski definition) is 1. The Morgan fingerprint density at radius 1 is 1.17 bits per heavy atom. The van der Waals surface area contributed by atoms with Crippen LogP contribution in [0.15, 0.2) is 24.3 Å². The highest BCUT2D eigenvalue weighted by molar-refractivity contribution is 5.59. The maximum absolute atomic E-state index is 12.9. The van der Waals surface area contributed by atoms with Crippen molar-refractivity contribution in [1.29, 1.82) is 0 Å². The molecule has 0 saturated heterocycles. The number of fused-ring (bicyclic) bond motifs is 1. The van der Waals surface area contributed by atoms with E-state index in [0.29, 0.717) is 30.1 Å². The van der Waals surface area contributed by atoms with Gasteiger partial charge < -0.3 is 9.94 Å². The highest BCUT2D eigenvalue weighted by Gasteiger charge is 2.29. The van der Waals surface area contributed by atoms with Gasteiger partial charge in [0, 0.05) is 11.3 Å². The largest absolute Gasteiger partial charge is 0.494 e. The Kier molecular flexibility index (Phi) is 4.37. The van der Waals surface area contributed by atoms with Gasteiger partial charge in [-0.3, -0.25) is 0 Å². The minimum atomic E-state index is 0.510. The first kappa shape index (κ1) is 15.6. The SMILES string of the molecule is CCOc1ccc(-c2c(C)n(O)c3c([n+]2=O)CCCCC3)cc1. The molecular weight excluding hydrogens is 292 g/mol. The van der Waals surface area contributed by atoms with Crippen molar-refractivity contribution in [3.05, 3.63) is 46.3 Å². The van der Waals surface area contributed by atoms with Crippen molar-refractivity contribution < 1.29 is 14.4 Å². The lowest BCUT2D eigenvalue weighted by Gasteiger charge is -2.10. The fourth-order valence-electron chi connectivity index (χ4n) is 3.28. The monoisotopic (exact) mass is 315 g/mol. The molecular formula is C18H23N2O3+. The molecule has 3 rings (SSSR count). The number of benzene rings is 1. The van der Waals surface area contributed by atoms with Crippen LogP contribution in [0.2, 0.25) is 0 Å².